The Balaban J connectivity index is 1.73. The molecule has 0 saturated carbocycles. The molecule has 3 heterocycles. The maximum Gasteiger partial charge on any atom is 0.258 e. The quantitative estimate of drug-likeness (QED) is 0.573. The molecular weight excluding hydrogens is 316 g/mol. The van der Waals surface area contributed by atoms with Crippen LogP contribution >= 0.6 is 0 Å². The number of rotatable bonds is 3. The lowest BCUT2D eigenvalue weighted by Crippen LogP contribution is -2.22. The summed E-state index contributed by atoms with van der Waals surface area (Å²) in [6, 6.07) is 9.79. The SMILES string of the molecule is Cc1ccnc(C(C)(C)c2noc(-c3ccc4c(c3)nnn4C)n2)c1. The van der Waals surface area contributed by atoms with Gasteiger partial charge in [-0.1, -0.05) is 10.4 Å². The molecule has 0 aliphatic carbocycles. The number of fused-ring (bicyclic) bond motifs is 1. The molecule has 0 amide bonds. The molecule has 0 saturated heterocycles. The maximum atomic E-state index is 5.50. The van der Waals surface area contributed by atoms with Gasteiger partial charge in [0.15, 0.2) is 5.82 Å². The Morgan fingerprint density at radius 2 is 1.96 bits per heavy atom. The van der Waals surface area contributed by atoms with Crippen LogP contribution in [0.3, 0.4) is 0 Å². The Labute approximate surface area is 144 Å². The van der Waals surface area contributed by atoms with Crippen molar-refractivity contribution < 1.29 is 4.52 Å². The minimum Gasteiger partial charge on any atom is -0.334 e. The molecule has 126 valence electrons. The van der Waals surface area contributed by atoms with E-state index < -0.39 is 5.41 Å². The largest absolute Gasteiger partial charge is 0.334 e. The van der Waals surface area contributed by atoms with Crippen LogP contribution in [0.25, 0.3) is 22.5 Å². The summed E-state index contributed by atoms with van der Waals surface area (Å²) in [5.74, 6) is 1.06. The number of aryl methyl sites for hydroxylation is 2. The number of pyridine rings is 1. The van der Waals surface area contributed by atoms with Crippen LogP contribution < -0.4 is 0 Å². The smallest absolute Gasteiger partial charge is 0.258 e. The Hall–Kier alpha value is -3.09. The van der Waals surface area contributed by atoms with Gasteiger partial charge in [-0.2, -0.15) is 4.98 Å². The third-order valence-electron chi connectivity index (χ3n) is 4.40. The van der Waals surface area contributed by atoms with Crippen molar-refractivity contribution in [1.82, 2.24) is 30.1 Å². The van der Waals surface area contributed by atoms with Gasteiger partial charge >= 0.3 is 0 Å². The summed E-state index contributed by atoms with van der Waals surface area (Å²) in [6.07, 6.45) is 1.80. The molecule has 0 spiro atoms. The Morgan fingerprint density at radius 1 is 1.12 bits per heavy atom. The van der Waals surface area contributed by atoms with E-state index in [1.807, 2.05) is 58.2 Å². The zero-order valence-electron chi connectivity index (χ0n) is 14.6. The highest BCUT2D eigenvalue weighted by Gasteiger charge is 2.30. The van der Waals surface area contributed by atoms with Crippen molar-refractivity contribution in [1.29, 1.82) is 0 Å². The van der Waals surface area contributed by atoms with Crippen molar-refractivity contribution in [3.8, 4) is 11.5 Å². The van der Waals surface area contributed by atoms with Crippen LogP contribution in [0.1, 0.15) is 30.9 Å². The number of hydrogen-bond donors (Lipinski definition) is 0. The van der Waals surface area contributed by atoms with Gasteiger partial charge in [0.25, 0.3) is 5.89 Å². The van der Waals surface area contributed by atoms with Crippen LogP contribution in [-0.2, 0) is 12.5 Å². The van der Waals surface area contributed by atoms with Gasteiger partial charge in [0, 0.05) is 18.8 Å². The van der Waals surface area contributed by atoms with Crippen LogP contribution in [-0.4, -0.2) is 30.1 Å². The lowest BCUT2D eigenvalue weighted by Gasteiger charge is -2.19. The van der Waals surface area contributed by atoms with Gasteiger partial charge in [-0.25, -0.2) is 4.68 Å². The lowest BCUT2D eigenvalue weighted by atomic mass is 9.87. The van der Waals surface area contributed by atoms with Gasteiger partial charge in [-0.05, 0) is 56.7 Å². The molecule has 4 rings (SSSR count). The zero-order chi connectivity index (χ0) is 17.6. The van der Waals surface area contributed by atoms with Gasteiger partial charge in [0.05, 0.1) is 16.6 Å². The highest BCUT2D eigenvalue weighted by Crippen LogP contribution is 2.30. The molecule has 0 bridgehead atoms. The summed E-state index contributed by atoms with van der Waals surface area (Å²) < 4.78 is 7.23. The van der Waals surface area contributed by atoms with Crippen LogP contribution in [0.15, 0.2) is 41.1 Å². The first kappa shape index (κ1) is 15.4. The van der Waals surface area contributed by atoms with E-state index in [1.165, 1.54) is 0 Å². The van der Waals surface area contributed by atoms with Crippen molar-refractivity contribution >= 4 is 11.0 Å². The molecule has 0 fully saturated rings. The van der Waals surface area contributed by atoms with Crippen molar-refractivity contribution in [2.75, 3.05) is 0 Å². The van der Waals surface area contributed by atoms with Gasteiger partial charge in [0.2, 0.25) is 0 Å². The fourth-order valence-corrected chi connectivity index (χ4v) is 2.76. The third-order valence-corrected chi connectivity index (χ3v) is 4.40. The average molecular weight is 334 g/mol. The molecule has 25 heavy (non-hydrogen) atoms. The van der Waals surface area contributed by atoms with Crippen LogP contribution in [0.4, 0.5) is 0 Å². The molecule has 7 nitrogen and oxygen atoms in total. The number of nitrogens with zero attached hydrogens (tertiary/aromatic N) is 6. The van der Waals surface area contributed by atoms with E-state index in [-0.39, 0.29) is 0 Å². The third kappa shape index (κ3) is 2.57. The Kier molecular flexibility index (Phi) is 3.38. The monoisotopic (exact) mass is 334 g/mol. The normalized spacial score (nSPS) is 12.0. The molecule has 3 aromatic heterocycles. The fraction of sp³-hybridized carbons (Fsp3) is 0.278. The summed E-state index contributed by atoms with van der Waals surface area (Å²) in [5, 5.41) is 12.3. The average Bonchev–Trinajstić information content (AvgIpc) is 3.22. The standard InChI is InChI=1S/C18H18N6O/c1-11-7-8-19-15(9-11)18(2,3)17-20-16(25-22-17)12-5-6-14-13(10-12)21-23-24(14)4/h5-10H,1-4H3. The first-order valence-corrected chi connectivity index (χ1v) is 8.02. The van der Waals surface area contributed by atoms with Crippen LogP contribution in [0.5, 0.6) is 0 Å². The van der Waals surface area contributed by atoms with E-state index in [1.54, 1.807) is 10.9 Å². The molecule has 0 aliphatic rings. The number of hydrogen-bond acceptors (Lipinski definition) is 6. The molecule has 1 aromatic carbocycles. The summed E-state index contributed by atoms with van der Waals surface area (Å²) >= 11 is 0. The van der Waals surface area contributed by atoms with Crippen molar-refractivity contribution in [2.24, 2.45) is 7.05 Å². The van der Waals surface area contributed by atoms with E-state index >= 15 is 0 Å². The predicted octanol–water partition coefficient (Wildman–Crippen LogP) is 3.05. The Bertz CT molecular complexity index is 1060. The second-order valence-corrected chi connectivity index (χ2v) is 6.68. The number of aromatic nitrogens is 6. The maximum absolute atomic E-state index is 5.50. The molecule has 7 heteroatoms. The summed E-state index contributed by atoms with van der Waals surface area (Å²) in [6.45, 7) is 6.11. The van der Waals surface area contributed by atoms with Crippen molar-refractivity contribution in [3.63, 3.8) is 0 Å². The first-order chi connectivity index (χ1) is 11.9. The summed E-state index contributed by atoms with van der Waals surface area (Å²) in [5.41, 5.74) is 4.16. The minimum atomic E-state index is -0.454. The van der Waals surface area contributed by atoms with Gasteiger partial charge in [-0.15, -0.1) is 5.10 Å². The van der Waals surface area contributed by atoms with E-state index in [0.29, 0.717) is 11.7 Å². The number of benzene rings is 1. The topological polar surface area (TPSA) is 82.5 Å². The summed E-state index contributed by atoms with van der Waals surface area (Å²) in [7, 11) is 1.86. The molecule has 0 radical (unpaired) electrons. The van der Waals surface area contributed by atoms with Gasteiger partial charge < -0.3 is 4.52 Å². The second kappa shape index (κ2) is 5.47. The minimum absolute atomic E-state index is 0.454. The van der Waals surface area contributed by atoms with Crippen LogP contribution in [0, 0.1) is 6.92 Å². The molecule has 0 N–H and O–H groups in total. The van der Waals surface area contributed by atoms with E-state index in [4.69, 9.17) is 4.52 Å². The van der Waals surface area contributed by atoms with Crippen molar-refractivity contribution in [2.45, 2.75) is 26.2 Å². The Morgan fingerprint density at radius 3 is 2.76 bits per heavy atom. The first-order valence-electron chi connectivity index (χ1n) is 8.02. The molecule has 0 unspecified atom stereocenters. The fourth-order valence-electron chi connectivity index (χ4n) is 2.76. The highest BCUT2D eigenvalue weighted by molar-refractivity contribution is 5.79. The van der Waals surface area contributed by atoms with E-state index in [0.717, 1.165) is 27.9 Å². The molecule has 0 atom stereocenters. The molecule has 0 aliphatic heterocycles. The lowest BCUT2D eigenvalue weighted by molar-refractivity contribution is 0.406. The van der Waals surface area contributed by atoms with E-state index in [9.17, 15) is 0 Å². The van der Waals surface area contributed by atoms with Crippen LogP contribution in [0.2, 0.25) is 0 Å². The zero-order valence-corrected chi connectivity index (χ0v) is 14.6. The van der Waals surface area contributed by atoms with E-state index in [2.05, 4.69) is 25.4 Å². The molecule has 4 aromatic rings. The highest BCUT2D eigenvalue weighted by atomic mass is 16.5. The summed E-state index contributed by atoms with van der Waals surface area (Å²) in [4.78, 5) is 9.07. The van der Waals surface area contributed by atoms with Gasteiger partial charge in [-0.3, -0.25) is 4.98 Å². The van der Waals surface area contributed by atoms with Crippen molar-refractivity contribution in [3.05, 3.63) is 53.6 Å². The molecular formula is C18H18N6O. The predicted molar refractivity (Wildman–Crippen MR) is 92.9 cm³/mol. The van der Waals surface area contributed by atoms with Gasteiger partial charge in [0.1, 0.15) is 5.52 Å². The second-order valence-electron chi connectivity index (χ2n) is 6.68.